The molecule has 0 aromatic heterocycles. The Morgan fingerprint density at radius 1 is 1.29 bits per heavy atom. The van der Waals surface area contributed by atoms with Crippen LogP contribution in [0.1, 0.15) is 32.8 Å². The summed E-state index contributed by atoms with van der Waals surface area (Å²) in [5.41, 5.74) is 6.69. The molecule has 1 aromatic carbocycles. The number of amides is 1. The van der Waals surface area contributed by atoms with E-state index in [9.17, 15) is 9.90 Å². The van der Waals surface area contributed by atoms with Gasteiger partial charge in [-0.25, -0.2) is 0 Å². The molecular formula is C16H26N2O3. The molecule has 5 heteroatoms. The van der Waals surface area contributed by atoms with E-state index in [2.05, 4.69) is 5.32 Å². The van der Waals surface area contributed by atoms with E-state index in [0.29, 0.717) is 12.8 Å². The number of carbonyl (C=O) groups excluding carboxylic acids is 1. The number of hydrogen-bond acceptors (Lipinski definition) is 4. The number of aromatic hydroxyl groups is 1. The minimum atomic E-state index is -0.655. The van der Waals surface area contributed by atoms with Crippen molar-refractivity contribution in [3.05, 3.63) is 29.8 Å². The van der Waals surface area contributed by atoms with Gasteiger partial charge < -0.3 is 21.3 Å². The molecule has 0 aliphatic rings. The third-order valence-electron chi connectivity index (χ3n) is 3.51. The van der Waals surface area contributed by atoms with Crippen LogP contribution in [0.4, 0.5) is 0 Å². The number of phenolic OH excluding ortho intramolecular Hbond substituents is 1. The Kier molecular flexibility index (Phi) is 6.18. The summed E-state index contributed by atoms with van der Waals surface area (Å²) in [5, 5.41) is 21.3. The van der Waals surface area contributed by atoms with Crippen molar-refractivity contribution in [3.63, 3.8) is 0 Å². The Balaban J connectivity index is 2.62. The van der Waals surface area contributed by atoms with Crippen LogP contribution in [0.2, 0.25) is 0 Å². The number of hydrogen-bond donors (Lipinski definition) is 4. The van der Waals surface area contributed by atoms with E-state index in [0.717, 1.165) is 5.56 Å². The van der Waals surface area contributed by atoms with E-state index in [1.165, 1.54) is 0 Å². The maximum Gasteiger partial charge on any atom is 0.237 e. The third-order valence-corrected chi connectivity index (χ3v) is 3.51. The first-order chi connectivity index (χ1) is 9.74. The molecule has 0 aliphatic carbocycles. The Morgan fingerprint density at radius 3 is 2.33 bits per heavy atom. The lowest BCUT2D eigenvalue weighted by Crippen LogP contribution is -2.51. The summed E-state index contributed by atoms with van der Waals surface area (Å²) in [5.74, 6) is -0.0380. The summed E-state index contributed by atoms with van der Waals surface area (Å²) >= 11 is 0. The van der Waals surface area contributed by atoms with E-state index in [4.69, 9.17) is 10.8 Å². The SMILES string of the molecule is CC(C)(C)C(CCO)NC(=O)C(N)Cc1ccc(O)cc1. The lowest BCUT2D eigenvalue weighted by atomic mass is 9.84. The number of aliphatic hydroxyl groups is 1. The molecule has 21 heavy (non-hydrogen) atoms. The first kappa shape index (κ1) is 17.5. The van der Waals surface area contributed by atoms with Crippen LogP contribution in [-0.2, 0) is 11.2 Å². The van der Waals surface area contributed by atoms with Gasteiger partial charge in [0, 0.05) is 12.6 Å². The molecule has 1 amide bonds. The molecule has 1 aromatic rings. The molecule has 0 bridgehead atoms. The van der Waals surface area contributed by atoms with Gasteiger partial charge in [-0.3, -0.25) is 4.79 Å². The molecule has 0 aliphatic heterocycles. The quantitative estimate of drug-likeness (QED) is 0.633. The van der Waals surface area contributed by atoms with Crippen LogP contribution >= 0.6 is 0 Å². The van der Waals surface area contributed by atoms with Crippen LogP contribution in [0.5, 0.6) is 5.75 Å². The largest absolute Gasteiger partial charge is 0.508 e. The molecule has 0 saturated heterocycles. The van der Waals surface area contributed by atoms with Gasteiger partial charge in [0.25, 0.3) is 0 Å². The molecule has 0 fully saturated rings. The van der Waals surface area contributed by atoms with Crippen molar-refractivity contribution in [1.82, 2.24) is 5.32 Å². The summed E-state index contributed by atoms with van der Waals surface area (Å²) < 4.78 is 0. The molecule has 2 atom stereocenters. The van der Waals surface area contributed by atoms with Crippen molar-refractivity contribution in [2.75, 3.05) is 6.61 Å². The monoisotopic (exact) mass is 294 g/mol. The average molecular weight is 294 g/mol. The average Bonchev–Trinajstić information content (AvgIpc) is 2.39. The van der Waals surface area contributed by atoms with Gasteiger partial charge in [0.15, 0.2) is 0 Å². The van der Waals surface area contributed by atoms with Crippen LogP contribution in [0.3, 0.4) is 0 Å². The minimum Gasteiger partial charge on any atom is -0.508 e. The highest BCUT2D eigenvalue weighted by Gasteiger charge is 2.27. The Morgan fingerprint density at radius 2 is 1.86 bits per heavy atom. The molecule has 5 nitrogen and oxygen atoms in total. The van der Waals surface area contributed by atoms with Crippen LogP contribution in [-0.4, -0.2) is 34.8 Å². The summed E-state index contributed by atoms with van der Waals surface area (Å²) in [6.45, 7) is 6.06. The number of rotatable bonds is 6. The van der Waals surface area contributed by atoms with Crippen molar-refractivity contribution in [2.45, 2.75) is 45.7 Å². The van der Waals surface area contributed by atoms with Crippen LogP contribution in [0.25, 0.3) is 0 Å². The van der Waals surface area contributed by atoms with E-state index in [1.807, 2.05) is 20.8 Å². The molecule has 0 radical (unpaired) electrons. The van der Waals surface area contributed by atoms with E-state index >= 15 is 0 Å². The summed E-state index contributed by atoms with van der Waals surface area (Å²) in [6.07, 6.45) is 0.906. The van der Waals surface area contributed by atoms with E-state index in [1.54, 1.807) is 24.3 Å². The predicted molar refractivity (Wildman–Crippen MR) is 82.9 cm³/mol. The number of phenols is 1. The molecular weight excluding hydrogens is 268 g/mol. The van der Waals surface area contributed by atoms with Crippen LogP contribution in [0, 0.1) is 5.41 Å². The zero-order chi connectivity index (χ0) is 16.0. The van der Waals surface area contributed by atoms with Crippen LogP contribution in [0.15, 0.2) is 24.3 Å². The van der Waals surface area contributed by atoms with Crippen molar-refractivity contribution >= 4 is 5.91 Å². The highest BCUT2D eigenvalue weighted by atomic mass is 16.3. The Hall–Kier alpha value is -1.59. The van der Waals surface area contributed by atoms with Crippen molar-refractivity contribution in [3.8, 4) is 5.75 Å². The fourth-order valence-electron chi connectivity index (χ4n) is 2.11. The molecule has 0 heterocycles. The molecule has 5 N–H and O–H groups in total. The molecule has 0 saturated carbocycles. The lowest BCUT2D eigenvalue weighted by molar-refractivity contribution is -0.124. The first-order valence-electron chi connectivity index (χ1n) is 7.18. The number of nitrogens with two attached hydrogens (primary N) is 1. The van der Waals surface area contributed by atoms with Gasteiger partial charge in [-0.05, 0) is 36.0 Å². The third kappa shape index (κ3) is 5.73. The fraction of sp³-hybridized carbons (Fsp3) is 0.562. The highest BCUT2D eigenvalue weighted by Crippen LogP contribution is 2.21. The Labute approximate surface area is 126 Å². The standard InChI is InChI=1S/C16H26N2O3/c1-16(2,3)14(8-9-19)18-15(21)13(17)10-11-4-6-12(20)7-5-11/h4-7,13-14,19-20H,8-10,17H2,1-3H3,(H,18,21). The zero-order valence-corrected chi connectivity index (χ0v) is 13.0. The second-order valence-electron chi connectivity index (χ2n) is 6.42. The molecule has 118 valence electrons. The van der Waals surface area contributed by atoms with Crippen molar-refractivity contribution in [1.29, 1.82) is 0 Å². The van der Waals surface area contributed by atoms with Crippen molar-refractivity contribution in [2.24, 2.45) is 11.1 Å². The predicted octanol–water partition coefficient (Wildman–Crippen LogP) is 1.18. The van der Waals surface area contributed by atoms with Gasteiger partial charge in [0.1, 0.15) is 5.75 Å². The van der Waals surface area contributed by atoms with Crippen molar-refractivity contribution < 1.29 is 15.0 Å². The van der Waals surface area contributed by atoms with Gasteiger partial charge in [-0.1, -0.05) is 32.9 Å². The Bertz CT molecular complexity index is 452. The van der Waals surface area contributed by atoms with Gasteiger partial charge in [0.2, 0.25) is 5.91 Å². The maximum atomic E-state index is 12.2. The number of benzene rings is 1. The number of carbonyl (C=O) groups is 1. The van der Waals surface area contributed by atoms with E-state index < -0.39 is 6.04 Å². The fourth-order valence-corrected chi connectivity index (χ4v) is 2.11. The van der Waals surface area contributed by atoms with Gasteiger partial charge in [-0.15, -0.1) is 0 Å². The summed E-state index contributed by atoms with van der Waals surface area (Å²) in [7, 11) is 0. The topological polar surface area (TPSA) is 95.6 Å². The van der Waals surface area contributed by atoms with Crippen LogP contribution < -0.4 is 11.1 Å². The van der Waals surface area contributed by atoms with Gasteiger partial charge in [-0.2, -0.15) is 0 Å². The van der Waals surface area contributed by atoms with E-state index in [-0.39, 0.29) is 29.7 Å². The highest BCUT2D eigenvalue weighted by molar-refractivity contribution is 5.82. The summed E-state index contributed by atoms with van der Waals surface area (Å²) in [4.78, 5) is 12.2. The zero-order valence-electron chi connectivity index (χ0n) is 13.0. The molecule has 2 unspecified atom stereocenters. The van der Waals surface area contributed by atoms with Gasteiger partial charge >= 0.3 is 0 Å². The van der Waals surface area contributed by atoms with Gasteiger partial charge in [0.05, 0.1) is 6.04 Å². The molecule has 1 rings (SSSR count). The smallest absolute Gasteiger partial charge is 0.237 e. The summed E-state index contributed by atoms with van der Waals surface area (Å²) in [6, 6.07) is 5.86. The maximum absolute atomic E-state index is 12.2. The second kappa shape index (κ2) is 7.43. The normalized spacial score (nSPS) is 14.5. The second-order valence-corrected chi connectivity index (χ2v) is 6.42. The number of aliphatic hydroxyl groups excluding tert-OH is 1. The number of nitrogens with one attached hydrogen (secondary N) is 1. The minimum absolute atomic E-state index is 0.0232. The lowest BCUT2D eigenvalue weighted by Gasteiger charge is -2.32. The molecule has 0 spiro atoms. The first-order valence-corrected chi connectivity index (χ1v) is 7.18.